The molecule has 0 spiro atoms. The van der Waals surface area contributed by atoms with Crippen molar-refractivity contribution in [3.8, 4) is 0 Å². The van der Waals surface area contributed by atoms with E-state index in [-0.39, 0.29) is 26.9 Å². The molecule has 18 heavy (non-hydrogen) atoms. The van der Waals surface area contributed by atoms with Crippen LogP contribution in [0.4, 0.5) is 0 Å². The molecule has 2 rings (SSSR count). The Balaban J connectivity index is 0. The van der Waals surface area contributed by atoms with Gasteiger partial charge in [-0.05, 0) is 10.6 Å². The van der Waals surface area contributed by atoms with E-state index in [1.807, 2.05) is 0 Å². The van der Waals surface area contributed by atoms with E-state index in [2.05, 4.69) is 60.7 Å². The normalized spacial score (nSPS) is 8.33. The average molecular weight is 400 g/mol. The molecule has 0 aliphatic carbocycles. The number of halogens is 2. The molecule has 2 aromatic carbocycles. The van der Waals surface area contributed by atoms with Crippen molar-refractivity contribution >= 4 is 38.2 Å². The third kappa shape index (κ3) is 9.03. The first-order valence-electron chi connectivity index (χ1n) is 4.56. The van der Waals surface area contributed by atoms with Crippen molar-refractivity contribution in [3.63, 3.8) is 0 Å². The van der Waals surface area contributed by atoms with Crippen molar-refractivity contribution in [2.45, 2.75) is 0 Å². The van der Waals surface area contributed by atoms with E-state index in [9.17, 15) is 0 Å². The maximum atomic E-state index is 4.81. The molecule has 0 amide bonds. The standard InChI is InChI=1S/C12H11P.2ClH.2H2O.Pd/c1-3-7-11(8-4-1)13-12-9-5-2-6-10-12;;;;;/h1-10,13H;2*1H;2*1H2;/q;;;;;+2/p-2. The van der Waals surface area contributed by atoms with Crippen LogP contribution in [0.5, 0.6) is 0 Å². The molecule has 0 fully saturated rings. The van der Waals surface area contributed by atoms with Crippen LogP contribution in [0.3, 0.4) is 0 Å². The van der Waals surface area contributed by atoms with Crippen LogP contribution in [0, 0.1) is 0 Å². The van der Waals surface area contributed by atoms with Gasteiger partial charge in [-0.2, -0.15) is 0 Å². The molecule has 0 atom stereocenters. The summed E-state index contributed by atoms with van der Waals surface area (Å²) in [6.07, 6.45) is 0. The second kappa shape index (κ2) is 13.5. The van der Waals surface area contributed by atoms with E-state index in [0.717, 1.165) is 8.58 Å². The van der Waals surface area contributed by atoms with E-state index < -0.39 is 0 Å². The van der Waals surface area contributed by atoms with Gasteiger partial charge in [-0.25, -0.2) is 0 Å². The molecule has 2 aromatic rings. The van der Waals surface area contributed by atoms with Crippen LogP contribution >= 0.6 is 27.6 Å². The van der Waals surface area contributed by atoms with E-state index in [1.54, 1.807) is 0 Å². The van der Waals surface area contributed by atoms with Crippen LogP contribution in [-0.2, 0) is 15.9 Å². The Morgan fingerprint density at radius 2 is 0.944 bits per heavy atom. The molecule has 0 saturated heterocycles. The van der Waals surface area contributed by atoms with Gasteiger partial charge in [0, 0.05) is 0 Å². The molecule has 4 N–H and O–H groups in total. The summed E-state index contributed by atoms with van der Waals surface area (Å²) in [6.45, 7) is 0. The van der Waals surface area contributed by atoms with Crippen molar-refractivity contribution in [2.24, 2.45) is 0 Å². The molecular weight excluding hydrogens is 384 g/mol. The van der Waals surface area contributed by atoms with Gasteiger partial charge in [-0.15, -0.1) is 0 Å². The molecule has 0 bridgehead atoms. The fourth-order valence-corrected chi connectivity index (χ4v) is 2.26. The summed E-state index contributed by atoms with van der Waals surface area (Å²) in [7, 11) is 10.4. The summed E-state index contributed by atoms with van der Waals surface area (Å²) >= 11 is -0.106. The van der Waals surface area contributed by atoms with Gasteiger partial charge < -0.3 is 11.0 Å². The van der Waals surface area contributed by atoms with Gasteiger partial charge in [-0.3, -0.25) is 0 Å². The van der Waals surface area contributed by atoms with Gasteiger partial charge in [0.1, 0.15) is 0 Å². The van der Waals surface area contributed by atoms with E-state index >= 15 is 0 Å². The molecule has 0 aliphatic heterocycles. The minimum atomic E-state index is -0.106. The molecule has 0 saturated carbocycles. The number of rotatable bonds is 2. The topological polar surface area (TPSA) is 63.0 Å². The molecule has 0 unspecified atom stereocenters. The molecule has 0 heterocycles. The predicted molar refractivity (Wildman–Crippen MR) is 79.4 cm³/mol. The van der Waals surface area contributed by atoms with Crippen molar-refractivity contribution in [2.75, 3.05) is 0 Å². The molecular formula is C12H15Cl2O2PPd. The quantitative estimate of drug-likeness (QED) is 0.548. The number of hydrogen-bond acceptors (Lipinski definition) is 0. The van der Waals surface area contributed by atoms with Crippen LogP contribution in [0.1, 0.15) is 0 Å². The summed E-state index contributed by atoms with van der Waals surface area (Å²) in [5.74, 6) is 0. The van der Waals surface area contributed by atoms with Crippen molar-refractivity contribution < 1.29 is 26.9 Å². The maximum absolute atomic E-state index is 4.81. The number of hydrogen-bond donors (Lipinski definition) is 0. The second-order valence-electron chi connectivity index (χ2n) is 2.90. The number of benzene rings is 2. The summed E-state index contributed by atoms with van der Waals surface area (Å²) in [6, 6.07) is 21.2. The zero-order valence-corrected chi connectivity index (χ0v) is 13.4. The monoisotopic (exact) mass is 398 g/mol. The van der Waals surface area contributed by atoms with E-state index in [4.69, 9.17) is 19.1 Å². The molecule has 2 nitrogen and oxygen atoms in total. The van der Waals surface area contributed by atoms with E-state index in [0.29, 0.717) is 0 Å². The zero-order valence-electron chi connectivity index (χ0n) is 9.35. The van der Waals surface area contributed by atoms with Gasteiger partial charge in [-0.1, -0.05) is 69.2 Å². The minimum Gasteiger partial charge on any atom is -0.0622 e. The van der Waals surface area contributed by atoms with Crippen molar-refractivity contribution in [3.05, 3.63) is 60.7 Å². The average Bonchev–Trinajstić information content (AvgIpc) is 2.33. The maximum Gasteiger partial charge on any atom is -0.0226 e. The summed E-state index contributed by atoms with van der Waals surface area (Å²) in [5, 5.41) is 2.79. The van der Waals surface area contributed by atoms with Crippen LogP contribution < -0.4 is 10.6 Å². The summed E-state index contributed by atoms with van der Waals surface area (Å²) in [5.41, 5.74) is 0. The molecule has 0 aliphatic rings. The first-order chi connectivity index (χ1) is 7.86. The Bertz CT molecular complexity index is 352. The third-order valence-corrected chi connectivity index (χ3v) is 3.08. The predicted octanol–water partition coefficient (Wildman–Crippen LogP) is 2.04. The minimum absolute atomic E-state index is 0. The first kappa shape index (κ1) is 20.4. The van der Waals surface area contributed by atoms with Crippen molar-refractivity contribution in [1.82, 2.24) is 0 Å². The Morgan fingerprint density at radius 1 is 0.667 bits per heavy atom. The SMILES string of the molecule is O.O.[Cl][Pd][Cl].c1ccc(Pc2ccccc2)cc1. The Morgan fingerprint density at radius 3 is 1.22 bits per heavy atom. The molecule has 104 valence electrons. The fraction of sp³-hybridized carbons (Fsp3) is 0. The first-order valence-corrected chi connectivity index (χ1v) is 9.56. The van der Waals surface area contributed by atoms with Crippen molar-refractivity contribution in [1.29, 1.82) is 0 Å². The molecule has 0 radical (unpaired) electrons. The van der Waals surface area contributed by atoms with Crippen LogP contribution in [0.25, 0.3) is 0 Å². The van der Waals surface area contributed by atoms with Crippen LogP contribution in [0.2, 0.25) is 0 Å². The molecule has 6 heteroatoms. The van der Waals surface area contributed by atoms with Gasteiger partial charge in [0.05, 0.1) is 0 Å². The van der Waals surface area contributed by atoms with Gasteiger partial charge in [0.15, 0.2) is 0 Å². The summed E-state index contributed by atoms with van der Waals surface area (Å²) < 4.78 is 0. The van der Waals surface area contributed by atoms with Crippen LogP contribution in [-0.4, -0.2) is 11.0 Å². The molecule has 0 aromatic heterocycles. The smallest absolute Gasteiger partial charge is 0.0226 e. The summed E-state index contributed by atoms with van der Waals surface area (Å²) in [4.78, 5) is 0. The third-order valence-electron chi connectivity index (χ3n) is 1.84. The van der Waals surface area contributed by atoms with E-state index in [1.165, 1.54) is 10.6 Å². The fourth-order valence-electron chi connectivity index (χ4n) is 1.21. The second-order valence-corrected chi connectivity index (χ2v) is 6.67. The Labute approximate surface area is 125 Å². The Hall–Kier alpha value is 0.0323. The van der Waals surface area contributed by atoms with Gasteiger partial charge >= 0.3 is 35.0 Å². The van der Waals surface area contributed by atoms with Gasteiger partial charge in [0.2, 0.25) is 0 Å². The van der Waals surface area contributed by atoms with Gasteiger partial charge in [0.25, 0.3) is 0 Å². The van der Waals surface area contributed by atoms with Crippen LogP contribution in [0.15, 0.2) is 60.7 Å². The Kier molecular flexibility index (Phi) is 15.2. The zero-order chi connectivity index (χ0) is 11.6. The largest absolute Gasteiger partial charge is 0.0622 e.